The number of aliphatic carboxylic acids is 1. The quantitative estimate of drug-likeness (QED) is 0.728. The van der Waals surface area contributed by atoms with Crippen LogP contribution in [0.15, 0.2) is 30.0 Å². The summed E-state index contributed by atoms with van der Waals surface area (Å²) in [5.74, 6) is -1.10. The summed E-state index contributed by atoms with van der Waals surface area (Å²) >= 11 is 0. The fourth-order valence-corrected chi connectivity index (χ4v) is 1.11. The Morgan fingerprint density at radius 3 is 2.27 bits per heavy atom. The minimum Gasteiger partial charge on any atom is -0.477 e. The Labute approximate surface area is 88.6 Å². The molecular formula is C11H14N2O2. The van der Waals surface area contributed by atoms with Crippen LogP contribution < -0.4 is 10.6 Å². The van der Waals surface area contributed by atoms with Gasteiger partial charge >= 0.3 is 5.97 Å². The Hall–Kier alpha value is -1.97. The van der Waals surface area contributed by atoms with Crippen LogP contribution in [0.3, 0.4) is 0 Å². The Morgan fingerprint density at radius 1 is 1.33 bits per heavy atom. The monoisotopic (exact) mass is 206 g/mol. The number of nitrogens with two attached hydrogens (primary N) is 1. The normalized spacial score (nSPS) is 11.2. The summed E-state index contributed by atoms with van der Waals surface area (Å²) < 4.78 is 0. The van der Waals surface area contributed by atoms with Crippen molar-refractivity contribution >= 4 is 17.7 Å². The summed E-state index contributed by atoms with van der Waals surface area (Å²) in [6.45, 7) is 0. The number of rotatable bonds is 3. The third-order valence-corrected chi connectivity index (χ3v) is 1.98. The Bertz CT molecular complexity index is 380. The van der Waals surface area contributed by atoms with Crippen LogP contribution in [-0.4, -0.2) is 25.2 Å². The maximum atomic E-state index is 10.5. The molecule has 0 atom stereocenters. The van der Waals surface area contributed by atoms with Gasteiger partial charge in [0.05, 0.1) is 0 Å². The molecule has 0 aliphatic heterocycles. The second-order valence-electron chi connectivity index (χ2n) is 3.39. The van der Waals surface area contributed by atoms with Gasteiger partial charge in [-0.15, -0.1) is 0 Å². The molecule has 0 radical (unpaired) electrons. The zero-order valence-electron chi connectivity index (χ0n) is 8.77. The molecule has 0 heterocycles. The summed E-state index contributed by atoms with van der Waals surface area (Å²) in [6.07, 6.45) is 1.43. The molecule has 0 bridgehead atoms. The van der Waals surface area contributed by atoms with E-state index in [1.165, 1.54) is 6.08 Å². The highest BCUT2D eigenvalue weighted by Crippen LogP contribution is 2.13. The predicted molar refractivity (Wildman–Crippen MR) is 60.6 cm³/mol. The third-order valence-electron chi connectivity index (χ3n) is 1.98. The van der Waals surface area contributed by atoms with E-state index >= 15 is 0 Å². The molecule has 0 amide bonds. The van der Waals surface area contributed by atoms with Gasteiger partial charge in [-0.05, 0) is 23.8 Å². The van der Waals surface area contributed by atoms with Crippen LogP contribution in [0, 0.1) is 0 Å². The molecular weight excluding hydrogens is 192 g/mol. The summed E-state index contributed by atoms with van der Waals surface area (Å²) in [4.78, 5) is 12.4. The molecule has 0 saturated heterocycles. The van der Waals surface area contributed by atoms with Crippen molar-refractivity contribution in [2.45, 2.75) is 0 Å². The van der Waals surface area contributed by atoms with Crippen molar-refractivity contribution in [2.24, 2.45) is 5.73 Å². The molecule has 1 aromatic carbocycles. The number of carboxylic acid groups (broad SMARTS) is 1. The van der Waals surface area contributed by atoms with Gasteiger partial charge in [0, 0.05) is 19.8 Å². The Kier molecular flexibility index (Phi) is 3.33. The summed E-state index contributed by atoms with van der Waals surface area (Å²) in [6, 6.07) is 7.46. The fourth-order valence-electron chi connectivity index (χ4n) is 1.11. The number of carbonyl (C=O) groups is 1. The Balaban J connectivity index is 2.90. The third kappa shape index (κ3) is 3.02. The summed E-state index contributed by atoms with van der Waals surface area (Å²) in [7, 11) is 3.88. The van der Waals surface area contributed by atoms with Gasteiger partial charge in [-0.25, -0.2) is 4.79 Å². The van der Waals surface area contributed by atoms with E-state index in [4.69, 9.17) is 10.8 Å². The van der Waals surface area contributed by atoms with Crippen LogP contribution in [0.1, 0.15) is 5.56 Å². The van der Waals surface area contributed by atoms with Gasteiger partial charge < -0.3 is 15.7 Å². The molecule has 0 saturated carbocycles. The molecule has 0 fully saturated rings. The molecule has 0 unspecified atom stereocenters. The lowest BCUT2D eigenvalue weighted by atomic mass is 10.1. The molecule has 0 aliphatic rings. The minimum absolute atomic E-state index is 0.160. The molecule has 0 aliphatic carbocycles. The van der Waals surface area contributed by atoms with Crippen molar-refractivity contribution < 1.29 is 9.90 Å². The van der Waals surface area contributed by atoms with E-state index < -0.39 is 5.97 Å². The molecule has 80 valence electrons. The molecule has 4 nitrogen and oxygen atoms in total. The predicted octanol–water partition coefficient (Wildman–Crippen LogP) is 1.14. The lowest BCUT2D eigenvalue weighted by Crippen LogP contribution is -2.09. The zero-order chi connectivity index (χ0) is 11.4. The van der Waals surface area contributed by atoms with Gasteiger partial charge in [-0.3, -0.25) is 0 Å². The van der Waals surface area contributed by atoms with Crippen molar-refractivity contribution in [3.63, 3.8) is 0 Å². The van der Waals surface area contributed by atoms with Crippen LogP contribution in [0.4, 0.5) is 5.69 Å². The van der Waals surface area contributed by atoms with Crippen molar-refractivity contribution in [1.29, 1.82) is 0 Å². The van der Waals surface area contributed by atoms with Crippen LogP contribution in [0.5, 0.6) is 0 Å². The molecule has 1 rings (SSSR count). The van der Waals surface area contributed by atoms with Crippen molar-refractivity contribution in [1.82, 2.24) is 0 Å². The molecule has 0 aromatic heterocycles. The molecule has 3 N–H and O–H groups in total. The maximum absolute atomic E-state index is 10.5. The first-order chi connectivity index (χ1) is 7.00. The van der Waals surface area contributed by atoms with Crippen LogP contribution in [0.25, 0.3) is 6.08 Å². The summed E-state index contributed by atoms with van der Waals surface area (Å²) in [5, 5.41) is 8.58. The maximum Gasteiger partial charge on any atom is 0.351 e. The number of carboxylic acids is 1. The van der Waals surface area contributed by atoms with Gasteiger partial charge in [0.1, 0.15) is 5.70 Å². The van der Waals surface area contributed by atoms with Gasteiger partial charge in [-0.2, -0.15) is 0 Å². The van der Waals surface area contributed by atoms with E-state index in [2.05, 4.69) is 0 Å². The topological polar surface area (TPSA) is 66.6 Å². The van der Waals surface area contributed by atoms with E-state index in [-0.39, 0.29) is 5.70 Å². The van der Waals surface area contributed by atoms with E-state index in [1.807, 2.05) is 43.3 Å². The minimum atomic E-state index is -1.10. The number of hydrogen-bond acceptors (Lipinski definition) is 3. The second kappa shape index (κ2) is 4.50. The van der Waals surface area contributed by atoms with Crippen molar-refractivity contribution in [3.05, 3.63) is 35.5 Å². The van der Waals surface area contributed by atoms with E-state index in [9.17, 15) is 4.79 Å². The van der Waals surface area contributed by atoms with Gasteiger partial charge in [0.25, 0.3) is 0 Å². The molecule has 4 heteroatoms. The highest BCUT2D eigenvalue weighted by atomic mass is 16.4. The fraction of sp³-hybridized carbons (Fsp3) is 0.182. The number of anilines is 1. The van der Waals surface area contributed by atoms with Gasteiger partial charge in [-0.1, -0.05) is 12.1 Å². The van der Waals surface area contributed by atoms with Crippen LogP contribution in [-0.2, 0) is 4.79 Å². The number of nitrogens with zero attached hydrogens (tertiary/aromatic N) is 1. The molecule has 1 aromatic rings. The Morgan fingerprint density at radius 2 is 1.87 bits per heavy atom. The van der Waals surface area contributed by atoms with Crippen molar-refractivity contribution in [2.75, 3.05) is 19.0 Å². The first kappa shape index (κ1) is 11.1. The van der Waals surface area contributed by atoms with Gasteiger partial charge in [0.15, 0.2) is 0 Å². The van der Waals surface area contributed by atoms with Crippen molar-refractivity contribution in [3.8, 4) is 0 Å². The SMILES string of the molecule is CN(C)c1ccc(/C=C(/N)C(=O)O)cc1. The first-order valence-electron chi connectivity index (χ1n) is 4.48. The smallest absolute Gasteiger partial charge is 0.351 e. The van der Waals surface area contributed by atoms with E-state index in [0.29, 0.717) is 0 Å². The zero-order valence-corrected chi connectivity index (χ0v) is 8.77. The molecule has 15 heavy (non-hydrogen) atoms. The number of hydrogen-bond donors (Lipinski definition) is 2. The molecule has 0 spiro atoms. The number of benzene rings is 1. The van der Waals surface area contributed by atoms with Crippen LogP contribution >= 0.6 is 0 Å². The van der Waals surface area contributed by atoms with E-state index in [1.54, 1.807) is 0 Å². The second-order valence-corrected chi connectivity index (χ2v) is 3.39. The average Bonchev–Trinajstić information content (AvgIpc) is 2.18. The average molecular weight is 206 g/mol. The largest absolute Gasteiger partial charge is 0.477 e. The van der Waals surface area contributed by atoms with Crippen LogP contribution in [0.2, 0.25) is 0 Å². The van der Waals surface area contributed by atoms with Gasteiger partial charge in [0.2, 0.25) is 0 Å². The van der Waals surface area contributed by atoms with E-state index in [0.717, 1.165) is 11.3 Å². The standard InChI is InChI=1S/C11H14N2O2/c1-13(2)9-5-3-8(4-6-9)7-10(12)11(14)15/h3-7H,12H2,1-2H3,(H,14,15)/b10-7+. The summed E-state index contributed by atoms with van der Waals surface area (Å²) in [5.41, 5.74) is 6.97. The lowest BCUT2D eigenvalue weighted by Gasteiger charge is -2.11. The lowest BCUT2D eigenvalue weighted by molar-refractivity contribution is -0.132. The highest BCUT2D eigenvalue weighted by Gasteiger charge is 2.00. The highest BCUT2D eigenvalue weighted by molar-refractivity contribution is 5.91. The first-order valence-corrected chi connectivity index (χ1v) is 4.48.